The predicted molar refractivity (Wildman–Crippen MR) is 113 cm³/mol. The number of hydrogen-bond donors (Lipinski definition) is 1. The van der Waals surface area contributed by atoms with Gasteiger partial charge >= 0.3 is 0 Å². The molecule has 2 aromatic heterocycles. The molecule has 1 aromatic carbocycles. The molecule has 0 aliphatic carbocycles. The summed E-state index contributed by atoms with van der Waals surface area (Å²) < 4.78 is 5.85. The van der Waals surface area contributed by atoms with Crippen LogP contribution in [0.4, 0.5) is 5.13 Å². The molecule has 0 radical (unpaired) electrons. The highest BCUT2D eigenvalue weighted by Crippen LogP contribution is 2.25. The number of anilines is 1. The fourth-order valence-electron chi connectivity index (χ4n) is 3.25. The number of aromatic nitrogens is 3. The smallest absolute Gasteiger partial charge is 0.240 e. The first-order chi connectivity index (χ1) is 14.2. The van der Waals surface area contributed by atoms with Gasteiger partial charge in [-0.05, 0) is 19.8 Å². The summed E-state index contributed by atoms with van der Waals surface area (Å²) in [6, 6.07) is 8.21. The second-order valence-corrected chi connectivity index (χ2v) is 7.95. The van der Waals surface area contributed by atoms with Crippen molar-refractivity contribution in [3.05, 3.63) is 53.8 Å². The summed E-state index contributed by atoms with van der Waals surface area (Å²) >= 11 is 1.45. The zero-order valence-electron chi connectivity index (χ0n) is 16.2. The van der Waals surface area contributed by atoms with Crippen LogP contribution >= 0.6 is 11.3 Å². The van der Waals surface area contributed by atoms with Crippen LogP contribution in [0.1, 0.15) is 18.4 Å². The van der Waals surface area contributed by atoms with E-state index in [4.69, 9.17) is 4.74 Å². The number of thiazole rings is 1. The molecule has 0 atom stereocenters. The third kappa shape index (κ3) is 5.36. The van der Waals surface area contributed by atoms with Gasteiger partial charge in [0.05, 0.1) is 18.4 Å². The maximum absolute atomic E-state index is 12.4. The average molecular weight is 410 g/mol. The summed E-state index contributed by atoms with van der Waals surface area (Å²) in [5, 5.41) is 5.52. The average Bonchev–Trinajstić information content (AvgIpc) is 3.19. The Balaban J connectivity index is 1.24. The van der Waals surface area contributed by atoms with Crippen molar-refractivity contribution in [2.45, 2.75) is 25.9 Å². The van der Waals surface area contributed by atoms with Gasteiger partial charge in [0.2, 0.25) is 11.8 Å². The first-order valence-electron chi connectivity index (χ1n) is 9.63. The van der Waals surface area contributed by atoms with Gasteiger partial charge in [0, 0.05) is 36.4 Å². The van der Waals surface area contributed by atoms with Crippen LogP contribution < -0.4 is 10.1 Å². The molecule has 3 heterocycles. The van der Waals surface area contributed by atoms with Crippen molar-refractivity contribution in [3.8, 4) is 17.1 Å². The molecule has 0 saturated carbocycles. The molecule has 29 heavy (non-hydrogen) atoms. The van der Waals surface area contributed by atoms with E-state index >= 15 is 0 Å². The molecule has 1 saturated heterocycles. The molecule has 0 unspecified atom stereocenters. The number of piperidine rings is 1. The van der Waals surface area contributed by atoms with Crippen LogP contribution in [-0.4, -0.2) is 51.5 Å². The van der Waals surface area contributed by atoms with Crippen LogP contribution in [0.2, 0.25) is 0 Å². The normalized spacial score (nSPS) is 15.2. The minimum Gasteiger partial charge on any atom is -0.473 e. The zero-order valence-corrected chi connectivity index (χ0v) is 17.1. The Hall–Kier alpha value is -2.84. The first kappa shape index (κ1) is 19.5. The van der Waals surface area contributed by atoms with E-state index in [0.717, 1.165) is 37.2 Å². The van der Waals surface area contributed by atoms with Gasteiger partial charge in [-0.15, -0.1) is 11.3 Å². The minimum atomic E-state index is -0.0388. The summed E-state index contributed by atoms with van der Waals surface area (Å²) in [6.07, 6.45) is 6.70. The third-order valence-electron chi connectivity index (χ3n) is 4.83. The summed E-state index contributed by atoms with van der Waals surface area (Å²) in [4.78, 5) is 27.2. The standard InChI is InChI=1S/C21H23N5O2S/c1-15-2-4-16(5-3-15)18-14-29-21(24-18)25-19(27)13-26-10-6-17(7-11-26)28-20-12-22-8-9-23-20/h2-5,8-9,12,14,17H,6-7,10-11,13H2,1H3,(H,24,25,27). The van der Waals surface area contributed by atoms with E-state index < -0.39 is 0 Å². The van der Waals surface area contributed by atoms with Crippen LogP contribution in [0.3, 0.4) is 0 Å². The van der Waals surface area contributed by atoms with E-state index in [9.17, 15) is 4.79 Å². The monoisotopic (exact) mass is 409 g/mol. The Morgan fingerprint density at radius 3 is 2.76 bits per heavy atom. The molecular formula is C21H23N5O2S. The first-order valence-corrected chi connectivity index (χ1v) is 10.5. The third-order valence-corrected chi connectivity index (χ3v) is 5.58. The Labute approximate surface area is 173 Å². The van der Waals surface area contributed by atoms with E-state index in [1.807, 2.05) is 17.5 Å². The van der Waals surface area contributed by atoms with Gasteiger partial charge in [0.25, 0.3) is 0 Å². The molecule has 1 amide bonds. The lowest BCUT2D eigenvalue weighted by atomic mass is 10.1. The van der Waals surface area contributed by atoms with E-state index in [0.29, 0.717) is 17.6 Å². The van der Waals surface area contributed by atoms with Gasteiger partial charge in [-0.1, -0.05) is 29.8 Å². The molecule has 3 aromatic rings. The maximum Gasteiger partial charge on any atom is 0.240 e. The largest absolute Gasteiger partial charge is 0.473 e. The van der Waals surface area contributed by atoms with E-state index in [1.165, 1.54) is 16.9 Å². The van der Waals surface area contributed by atoms with Crippen molar-refractivity contribution in [2.75, 3.05) is 25.0 Å². The highest BCUT2D eigenvalue weighted by atomic mass is 32.1. The number of carbonyl (C=O) groups is 1. The molecule has 1 aliphatic heterocycles. The number of hydrogen-bond acceptors (Lipinski definition) is 7. The number of benzene rings is 1. The van der Waals surface area contributed by atoms with Crippen LogP contribution in [0.15, 0.2) is 48.2 Å². The molecule has 1 N–H and O–H groups in total. The molecule has 0 bridgehead atoms. The second kappa shape index (κ2) is 9.11. The Morgan fingerprint density at radius 2 is 2.03 bits per heavy atom. The number of nitrogens with zero attached hydrogens (tertiary/aromatic N) is 4. The fourth-order valence-corrected chi connectivity index (χ4v) is 3.99. The van der Waals surface area contributed by atoms with E-state index in [1.54, 1.807) is 18.6 Å². The lowest BCUT2D eigenvalue weighted by molar-refractivity contribution is -0.117. The summed E-state index contributed by atoms with van der Waals surface area (Å²) in [5.74, 6) is 0.514. The summed E-state index contributed by atoms with van der Waals surface area (Å²) in [7, 11) is 0. The maximum atomic E-state index is 12.4. The predicted octanol–water partition coefficient (Wildman–Crippen LogP) is 3.39. The van der Waals surface area contributed by atoms with Crippen molar-refractivity contribution in [3.63, 3.8) is 0 Å². The van der Waals surface area contributed by atoms with Gasteiger partial charge in [0.15, 0.2) is 5.13 Å². The van der Waals surface area contributed by atoms with Crippen molar-refractivity contribution in [2.24, 2.45) is 0 Å². The van der Waals surface area contributed by atoms with Crippen molar-refractivity contribution >= 4 is 22.4 Å². The van der Waals surface area contributed by atoms with Crippen LogP contribution in [-0.2, 0) is 4.79 Å². The number of carbonyl (C=O) groups excluding carboxylic acids is 1. The highest BCUT2D eigenvalue weighted by Gasteiger charge is 2.22. The number of amides is 1. The fraction of sp³-hybridized carbons (Fsp3) is 0.333. The second-order valence-electron chi connectivity index (χ2n) is 7.09. The number of nitrogens with one attached hydrogen (secondary N) is 1. The van der Waals surface area contributed by atoms with Crippen LogP contribution in [0, 0.1) is 6.92 Å². The molecule has 150 valence electrons. The number of aryl methyl sites for hydroxylation is 1. The molecule has 7 nitrogen and oxygen atoms in total. The Morgan fingerprint density at radius 1 is 1.24 bits per heavy atom. The van der Waals surface area contributed by atoms with Crippen molar-refractivity contribution < 1.29 is 9.53 Å². The van der Waals surface area contributed by atoms with Crippen LogP contribution in [0.25, 0.3) is 11.3 Å². The quantitative estimate of drug-likeness (QED) is 0.672. The van der Waals surface area contributed by atoms with Gasteiger partial charge in [-0.3, -0.25) is 14.7 Å². The lowest BCUT2D eigenvalue weighted by Gasteiger charge is -2.31. The van der Waals surface area contributed by atoms with Gasteiger partial charge < -0.3 is 10.1 Å². The number of likely N-dealkylation sites (tertiary alicyclic amines) is 1. The summed E-state index contributed by atoms with van der Waals surface area (Å²) in [5.41, 5.74) is 3.15. The SMILES string of the molecule is Cc1ccc(-c2csc(NC(=O)CN3CCC(Oc4cnccn4)CC3)n2)cc1. The molecule has 1 fully saturated rings. The van der Waals surface area contributed by atoms with Crippen molar-refractivity contribution in [1.29, 1.82) is 0 Å². The van der Waals surface area contributed by atoms with E-state index in [2.05, 4.69) is 44.2 Å². The Kier molecular flexibility index (Phi) is 6.12. The van der Waals surface area contributed by atoms with Gasteiger partial charge in [-0.25, -0.2) is 9.97 Å². The van der Waals surface area contributed by atoms with Crippen LogP contribution in [0.5, 0.6) is 5.88 Å². The molecule has 4 rings (SSSR count). The topological polar surface area (TPSA) is 80.2 Å². The van der Waals surface area contributed by atoms with Crippen molar-refractivity contribution in [1.82, 2.24) is 19.9 Å². The van der Waals surface area contributed by atoms with Gasteiger partial charge in [-0.2, -0.15) is 0 Å². The zero-order chi connectivity index (χ0) is 20.1. The Bertz CT molecular complexity index is 937. The minimum absolute atomic E-state index is 0.0388. The number of rotatable bonds is 6. The van der Waals surface area contributed by atoms with E-state index in [-0.39, 0.29) is 12.0 Å². The molecule has 0 spiro atoms. The van der Waals surface area contributed by atoms with Gasteiger partial charge in [0.1, 0.15) is 6.10 Å². The molecule has 1 aliphatic rings. The number of ether oxygens (including phenoxy) is 1. The highest BCUT2D eigenvalue weighted by molar-refractivity contribution is 7.14. The summed E-state index contributed by atoms with van der Waals surface area (Å²) in [6.45, 7) is 4.04. The molecule has 8 heteroatoms. The molecular weight excluding hydrogens is 386 g/mol. The lowest BCUT2D eigenvalue weighted by Crippen LogP contribution is -2.42.